The zero-order valence-corrected chi connectivity index (χ0v) is 6.87. The van der Waals surface area contributed by atoms with Crippen molar-refractivity contribution in [3.05, 3.63) is 54.6 Å². The van der Waals surface area contributed by atoms with Gasteiger partial charge in [-0.05, 0) is 23.8 Å². The molecule has 1 nitrogen and oxygen atoms in total. The summed E-state index contributed by atoms with van der Waals surface area (Å²) < 4.78 is 12.8. The van der Waals surface area contributed by atoms with E-state index in [9.17, 15) is 4.39 Å². The van der Waals surface area contributed by atoms with E-state index >= 15 is 0 Å². The first kappa shape index (κ1) is 7.92. The van der Waals surface area contributed by atoms with Gasteiger partial charge < -0.3 is 0 Å². The zero-order chi connectivity index (χ0) is 9.10. The number of hydrogen-bond donors (Lipinski definition) is 0. The Hall–Kier alpha value is -1.70. The molecule has 0 N–H and O–H groups in total. The van der Waals surface area contributed by atoms with Gasteiger partial charge in [0.1, 0.15) is 5.82 Å². The molecule has 13 heavy (non-hydrogen) atoms. The number of pyridine rings is 1. The van der Waals surface area contributed by atoms with E-state index in [-0.39, 0.29) is 5.82 Å². The minimum Gasteiger partial charge on any atom is -0.263 e. The molecule has 0 aliphatic carbocycles. The van der Waals surface area contributed by atoms with E-state index in [1.807, 2.05) is 6.07 Å². The van der Waals surface area contributed by atoms with E-state index in [1.54, 1.807) is 24.5 Å². The van der Waals surface area contributed by atoms with Crippen LogP contribution in [0, 0.1) is 11.9 Å². The topological polar surface area (TPSA) is 12.9 Å². The van der Waals surface area contributed by atoms with Gasteiger partial charge in [0.2, 0.25) is 0 Å². The summed E-state index contributed by atoms with van der Waals surface area (Å²) in [6, 6.07) is 11.0. The van der Waals surface area contributed by atoms with Crippen LogP contribution < -0.4 is 0 Å². The monoisotopic (exact) mass is 172 g/mol. The highest BCUT2D eigenvalue weighted by molar-refractivity contribution is 5.61. The Morgan fingerprint density at radius 3 is 2.85 bits per heavy atom. The van der Waals surface area contributed by atoms with Gasteiger partial charge in [0.25, 0.3) is 0 Å². The van der Waals surface area contributed by atoms with Crippen molar-refractivity contribution < 1.29 is 4.39 Å². The van der Waals surface area contributed by atoms with E-state index in [2.05, 4.69) is 11.1 Å². The smallest absolute Gasteiger partial charge is 0.123 e. The van der Waals surface area contributed by atoms with Gasteiger partial charge in [-0.1, -0.05) is 12.1 Å². The van der Waals surface area contributed by atoms with Crippen LogP contribution in [0.3, 0.4) is 0 Å². The Balaban J connectivity index is 2.48. The molecule has 0 saturated heterocycles. The molecule has 0 spiro atoms. The highest BCUT2D eigenvalue weighted by Crippen LogP contribution is 2.17. The second kappa shape index (κ2) is 3.35. The molecule has 1 aromatic carbocycles. The quantitative estimate of drug-likeness (QED) is 0.644. The summed E-state index contributed by atoms with van der Waals surface area (Å²) in [5.74, 6) is -0.235. The Bertz CT molecular complexity index is 398. The van der Waals surface area contributed by atoms with E-state index in [0.29, 0.717) is 0 Å². The molecular formula is C11H7FN. The number of rotatable bonds is 1. The summed E-state index contributed by atoms with van der Waals surface area (Å²) in [6.07, 6.45) is 3.26. The average molecular weight is 172 g/mol. The summed E-state index contributed by atoms with van der Waals surface area (Å²) in [6.45, 7) is 0. The highest BCUT2D eigenvalue weighted by atomic mass is 19.1. The second-order valence-electron chi connectivity index (χ2n) is 2.68. The fourth-order valence-corrected chi connectivity index (χ4v) is 1.15. The number of halogens is 1. The van der Waals surface area contributed by atoms with Crippen molar-refractivity contribution in [2.45, 2.75) is 0 Å². The maximum Gasteiger partial charge on any atom is 0.123 e. The van der Waals surface area contributed by atoms with Crippen LogP contribution in [-0.2, 0) is 0 Å². The van der Waals surface area contributed by atoms with Crippen LogP contribution >= 0.6 is 0 Å². The standard InChI is InChI=1S/C11H7FN/c12-11-5-1-3-9(7-11)10-4-2-6-13-8-10/h1,3-8H. The first-order chi connectivity index (χ1) is 6.36. The molecule has 1 aromatic heterocycles. The second-order valence-corrected chi connectivity index (χ2v) is 2.68. The molecule has 0 aliphatic heterocycles. The molecular weight excluding hydrogens is 165 g/mol. The Morgan fingerprint density at radius 1 is 1.23 bits per heavy atom. The third kappa shape index (κ3) is 1.72. The normalized spacial score (nSPS) is 9.92. The van der Waals surface area contributed by atoms with Crippen LogP contribution in [0.5, 0.6) is 0 Å². The van der Waals surface area contributed by atoms with Gasteiger partial charge in [0, 0.05) is 24.0 Å². The van der Waals surface area contributed by atoms with Crippen molar-refractivity contribution in [1.82, 2.24) is 4.98 Å². The van der Waals surface area contributed by atoms with Gasteiger partial charge in [0.05, 0.1) is 0 Å². The van der Waals surface area contributed by atoms with Gasteiger partial charge in [-0.25, -0.2) is 4.39 Å². The summed E-state index contributed by atoms with van der Waals surface area (Å²) in [5, 5.41) is 0. The van der Waals surface area contributed by atoms with Gasteiger partial charge in [-0.2, -0.15) is 0 Å². The van der Waals surface area contributed by atoms with E-state index < -0.39 is 0 Å². The maximum atomic E-state index is 12.8. The van der Waals surface area contributed by atoms with E-state index in [1.165, 1.54) is 12.1 Å². The minimum absolute atomic E-state index is 0.235. The predicted molar refractivity (Wildman–Crippen MR) is 48.5 cm³/mol. The molecule has 2 aromatic rings. The third-order valence-corrected chi connectivity index (χ3v) is 1.76. The lowest BCUT2D eigenvalue weighted by atomic mass is 10.1. The molecule has 0 saturated carbocycles. The lowest BCUT2D eigenvalue weighted by Crippen LogP contribution is -1.80. The molecule has 2 heteroatoms. The molecule has 0 fully saturated rings. The molecule has 0 aliphatic rings. The van der Waals surface area contributed by atoms with Crippen molar-refractivity contribution in [2.24, 2.45) is 0 Å². The van der Waals surface area contributed by atoms with Gasteiger partial charge in [-0.3, -0.25) is 4.98 Å². The van der Waals surface area contributed by atoms with Crippen LogP contribution in [0.2, 0.25) is 0 Å². The van der Waals surface area contributed by atoms with Crippen molar-refractivity contribution in [3.63, 3.8) is 0 Å². The molecule has 0 amide bonds. The van der Waals surface area contributed by atoms with Gasteiger partial charge in [0.15, 0.2) is 0 Å². The fourth-order valence-electron chi connectivity index (χ4n) is 1.15. The first-order valence-corrected chi connectivity index (χ1v) is 3.93. The lowest BCUT2D eigenvalue weighted by Gasteiger charge is -1.99. The van der Waals surface area contributed by atoms with E-state index in [4.69, 9.17) is 0 Å². The highest BCUT2D eigenvalue weighted by Gasteiger charge is 1.97. The summed E-state index contributed by atoms with van der Waals surface area (Å²) in [5.41, 5.74) is 1.70. The summed E-state index contributed by atoms with van der Waals surface area (Å²) >= 11 is 0. The van der Waals surface area contributed by atoms with Gasteiger partial charge >= 0.3 is 0 Å². The molecule has 63 valence electrons. The zero-order valence-electron chi connectivity index (χ0n) is 6.87. The summed E-state index contributed by atoms with van der Waals surface area (Å²) in [7, 11) is 0. The number of benzene rings is 1. The van der Waals surface area contributed by atoms with E-state index in [0.717, 1.165) is 11.1 Å². The van der Waals surface area contributed by atoms with Crippen molar-refractivity contribution >= 4 is 0 Å². The predicted octanol–water partition coefficient (Wildman–Crippen LogP) is 2.69. The number of aromatic nitrogens is 1. The largest absolute Gasteiger partial charge is 0.263 e. The maximum absolute atomic E-state index is 12.8. The van der Waals surface area contributed by atoms with Crippen molar-refractivity contribution in [3.8, 4) is 11.1 Å². The lowest BCUT2D eigenvalue weighted by molar-refractivity contribution is 0.628. The van der Waals surface area contributed by atoms with Crippen LogP contribution in [0.4, 0.5) is 4.39 Å². The van der Waals surface area contributed by atoms with Gasteiger partial charge in [-0.15, -0.1) is 0 Å². The van der Waals surface area contributed by atoms with Crippen LogP contribution in [0.15, 0.2) is 42.7 Å². The molecule has 0 atom stereocenters. The third-order valence-electron chi connectivity index (χ3n) is 1.76. The number of hydrogen-bond acceptors (Lipinski definition) is 1. The minimum atomic E-state index is -0.235. The summed E-state index contributed by atoms with van der Waals surface area (Å²) in [4.78, 5) is 3.91. The molecule has 0 bridgehead atoms. The van der Waals surface area contributed by atoms with Crippen LogP contribution in [0.25, 0.3) is 11.1 Å². The van der Waals surface area contributed by atoms with Crippen molar-refractivity contribution in [1.29, 1.82) is 0 Å². The molecule has 0 unspecified atom stereocenters. The first-order valence-electron chi connectivity index (χ1n) is 3.93. The molecule has 1 heterocycles. The number of nitrogens with zero attached hydrogens (tertiary/aromatic N) is 1. The Labute approximate surface area is 75.9 Å². The Morgan fingerprint density at radius 2 is 2.15 bits per heavy atom. The molecule has 1 radical (unpaired) electrons. The average Bonchev–Trinajstić information content (AvgIpc) is 2.19. The fraction of sp³-hybridized carbons (Fsp3) is 0. The van der Waals surface area contributed by atoms with Crippen LogP contribution in [0.1, 0.15) is 0 Å². The SMILES string of the molecule is Fc1cccc(-c2c[c]cnc2)c1. The van der Waals surface area contributed by atoms with Crippen molar-refractivity contribution in [2.75, 3.05) is 0 Å². The molecule has 2 rings (SSSR count). The Kier molecular flexibility index (Phi) is 2.04. The van der Waals surface area contributed by atoms with Crippen LogP contribution in [-0.4, -0.2) is 4.98 Å².